The Morgan fingerprint density at radius 3 is 2.70 bits per heavy atom. The second-order valence-corrected chi connectivity index (χ2v) is 8.74. The number of aromatic nitrogens is 1. The summed E-state index contributed by atoms with van der Waals surface area (Å²) < 4.78 is 13.4. The molecule has 0 radical (unpaired) electrons. The van der Waals surface area contributed by atoms with Gasteiger partial charge in [0.15, 0.2) is 4.80 Å². The summed E-state index contributed by atoms with van der Waals surface area (Å²) in [7, 11) is 1.34. The van der Waals surface area contributed by atoms with E-state index in [0.29, 0.717) is 15.1 Å². The van der Waals surface area contributed by atoms with E-state index in [9.17, 15) is 9.59 Å². The molecule has 2 aliphatic rings. The Balaban J connectivity index is 1.79. The highest BCUT2D eigenvalue weighted by molar-refractivity contribution is 7.07. The summed E-state index contributed by atoms with van der Waals surface area (Å²) in [5.41, 5.74) is 1.55. The molecule has 0 N–H and O–H groups in total. The fourth-order valence-corrected chi connectivity index (χ4v) is 5.34. The molecule has 3 heterocycles. The van der Waals surface area contributed by atoms with Crippen molar-refractivity contribution in [3.8, 4) is 5.75 Å². The highest BCUT2D eigenvalue weighted by atomic mass is 32.1. The standard InChI is InChI=1S/C23H20N2O4S/c1-13-8-10-14(11-9-13)12-17-20(26)25-19-15-6-4-5-7-16(15)29-23(2,24-22(25)30-17)18(19)21(27)28-3/h4-12,18-19H,1-3H3/b17-12+/t18-,19+,23-/m0/s1. The maximum atomic E-state index is 13.4. The van der Waals surface area contributed by atoms with Crippen molar-refractivity contribution in [3.05, 3.63) is 84.9 Å². The molecule has 30 heavy (non-hydrogen) atoms. The molecule has 2 bridgehead atoms. The number of ether oxygens (including phenoxy) is 2. The normalized spacial score (nSPS) is 24.3. The van der Waals surface area contributed by atoms with Crippen molar-refractivity contribution < 1.29 is 14.3 Å². The number of nitrogens with zero attached hydrogens (tertiary/aromatic N) is 2. The summed E-state index contributed by atoms with van der Waals surface area (Å²) in [6.45, 7) is 3.79. The Morgan fingerprint density at radius 1 is 1.23 bits per heavy atom. The Morgan fingerprint density at radius 2 is 1.97 bits per heavy atom. The number of methoxy groups -OCH3 is 1. The van der Waals surface area contributed by atoms with E-state index in [4.69, 9.17) is 14.5 Å². The molecule has 0 unspecified atom stereocenters. The van der Waals surface area contributed by atoms with E-state index in [-0.39, 0.29) is 5.56 Å². The van der Waals surface area contributed by atoms with Crippen LogP contribution in [-0.4, -0.2) is 23.4 Å². The van der Waals surface area contributed by atoms with E-state index in [2.05, 4.69) is 0 Å². The monoisotopic (exact) mass is 420 g/mol. The Hall–Kier alpha value is -3.19. The van der Waals surface area contributed by atoms with E-state index in [1.54, 1.807) is 11.5 Å². The van der Waals surface area contributed by atoms with Crippen LogP contribution in [0.25, 0.3) is 6.08 Å². The van der Waals surface area contributed by atoms with Gasteiger partial charge in [0.2, 0.25) is 5.72 Å². The maximum absolute atomic E-state index is 13.4. The lowest BCUT2D eigenvalue weighted by Gasteiger charge is -2.44. The molecule has 5 rings (SSSR count). The van der Waals surface area contributed by atoms with E-state index < -0.39 is 23.7 Å². The molecule has 6 nitrogen and oxygen atoms in total. The van der Waals surface area contributed by atoms with Crippen molar-refractivity contribution in [1.29, 1.82) is 0 Å². The predicted octanol–water partition coefficient (Wildman–Crippen LogP) is 2.17. The number of rotatable bonds is 2. The highest BCUT2D eigenvalue weighted by Gasteiger charge is 2.55. The zero-order valence-corrected chi connectivity index (χ0v) is 17.6. The molecule has 0 aliphatic carbocycles. The first-order chi connectivity index (χ1) is 14.4. The first-order valence-corrected chi connectivity index (χ1v) is 10.5. The van der Waals surface area contributed by atoms with Crippen LogP contribution in [-0.2, 0) is 9.53 Å². The topological polar surface area (TPSA) is 69.9 Å². The summed E-state index contributed by atoms with van der Waals surface area (Å²) in [6.07, 6.45) is 1.86. The van der Waals surface area contributed by atoms with Gasteiger partial charge in [-0.2, -0.15) is 0 Å². The molecule has 3 atom stereocenters. The van der Waals surface area contributed by atoms with Gasteiger partial charge in [-0.05, 0) is 31.6 Å². The molecule has 0 spiro atoms. The van der Waals surface area contributed by atoms with Gasteiger partial charge in [0.05, 0.1) is 17.7 Å². The average molecular weight is 420 g/mol. The zero-order valence-electron chi connectivity index (χ0n) is 16.8. The number of aryl methyl sites for hydroxylation is 1. The highest BCUT2D eigenvalue weighted by Crippen LogP contribution is 2.47. The largest absolute Gasteiger partial charge is 0.469 e. The zero-order chi connectivity index (χ0) is 21.0. The number of esters is 1. The van der Waals surface area contributed by atoms with Gasteiger partial charge in [-0.3, -0.25) is 14.2 Å². The van der Waals surface area contributed by atoms with Crippen molar-refractivity contribution in [3.63, 3.8) is 0 Å². The Labute approximate surface area is 176 Å². The number of fused-ring (bicyclic) bond motifs is 6. The summed E-state index contributed by atoms with van der Waals surface area (Å²) in [6, 6.07) is 14.9. The van der Waals surface area contributed by atoms with E-state index >= 15 is 0 Å². The summed E-state index contributed by atoms with van der Waals surface area (Å²) in [5, 5.41) is 0. The van der Waals surface area contributed by atoms with Crippen LogP contribution in [0.1, 0.15) is 29.7 Å². The Kier molecular flexibility index (Phi) is 4.18. The van der Waals surface area contributed by atoms with E-state index in [0.717, 1.165) is 16.7 Å². The van der Waals surface area contributed by atoms with E-state index in [1.807, 2.05) is 61.5 Å². The van der Waals surface area contributed by atoms with Crippen LogP contribution in [0.3, 0.4) is 0 Å². The third-order valence-electron chi connectivity index (χ3n) is 5.71. The molecule has 0 amide bonds. The lowest BCUT2D eigenvalue weighted by Crippen LogP contribution is -2.58. The van der Waals surface area contributed by atoms with Crippen LogP contribution in [0, 0.1) is 12.8 Å². The number of carbonyl (C=O) groups is 1. The van der Waals surface area contributed by atoms with Crippen LogP contribution < -0.4 is 19.6 Å². The summed E-state index contributed by atoms with van der Waals surface area (Å²) in [4.78, 5) is 31.5. The average Bonchev–Trinajstić information content (AvgIpc) is 3.02. The van der Waals surface area contributed by atoms with Gasteiger partial charge < -0.3 is 9.47 Å². The summed E-state index contributed by atoms with van der Waals surface area (Å²) in [5.74, 6) is -0.584. The van der Waals surface area contributed by atoms with Crippen molar-refractivity contribution in [2.45, 2.75) is 25.6 Å². The third kappa shape index (κ3) is 2.73. The van der Waals surface area contributed by atoms with Crippen molar-refractivity contribution in [2.24, 2.45) is 10.9 Å². The fraction of sp³-hybridized carbons (Fsp3) is 0.261. The second-order valence-electron chi connectivity index (χ2n) is 7.73. The van der Waals surface area contributed by atoms with Crippen LogP contribution in [0.4, 0.5) is 0 Å². The minimum atomic E-state index is -1.15. The molecule has 152 valence electrons. The predicted molar refractivity (Wildman–Crippen MR) is 113 cm³/mol. The molecule has 0 saturated carbocycles. The first kappa shape index (κ1) is 18.8. The van der Waals surface area contributed by atoms with Gasteiger partial charge in [0.25, 0.3) is 5.56 Å². The maximum Gasteiger partial charge on any atom is 0.317 e. The van der Waals surface area contributed by atoms with Crippen molar-refractivity contribution in [1.82, 2.24) is 4.57 Å². The van der Waals surface area contributed by atoms with Crippen molar-refractivity contribution in [2.75, 3.05) is 7.11 Å². The smallest absolute Gasteiger partial charge is 0.317 e. The molecular formula is C23H20N2O4S. The van der Waals surface area contributed by atoms with Gasteiger partial charge in [-0.15, -0.1) is 0 Å². The molecule has 2 aromatic carbocycles. The fourth-order valence-electron chi connectivity index (χ4n) is 4.25. The number of hydrogen-bond donors (Lipinski definition) is 0. The SMILES string of the molecule is COC(=O)[C@@H]1[C@H]2c3ccccc3O[C@]1(C)N=c1s/c(=C/c3ccc(C)cc3)c(=O)n12. The molecule has 3 aromatic rings. The van der Waals surface area contributed by atoms with E-state index in [1.165, 1.54) is 18.4 Å². The summed E-state index contributed by atoms with van der Waals surface area (Å²) >= 11 is 1.31. The second kappa shape index (κ2) is 6.67. The lowest BCUT2D eigenvalue weighted by atomic mass is 9.81. The number of para-hydroxylation sites is 1. The molecule has 1 aromatic heterocycles. The van der Waals surface area contributed by atoms with Crippen LogP contribution in [0.15, 0.2) is 58.3 Å². The molecular weight excluding hydrogens is 400 g/mol. The number of thiazole rings is 1. The van der Waals surface area contributed by atoms with Crippen molar-refractivity contribution >= 4 is 23.4 Å². The minimum absolute atomic E-state index is 0.169. The number of carbonyl (C=O) groups excluding carboxylic acids is 1. The molecule has 0 saturated heterocycles. The molecule has 7 heteroatoms. The quantitative estimate of drug-likeness (QED) is 0.596. The lowest BCUT2D eigenvalue weighted by molar-refractivity contribution is -0.158. The minimum Gasteiger partial charge on any atom is -0.469 e. The van der Waals surface area contributed by atoms with Gasteiger partial charge in [0.1, 0.15) is 11.7 Å². The molecule has 0 fully saturated rings. The molecule has 2 aliphatic heterocycles. The number of benzene rings is 2. The van der Waals surface area contributed by atoms with Crippen LogP contribution in [0.2, 0.25) is 0 Å². The first-order valence-electron chi connectivity index (χ1n) is 9.67. The third-order valence-corrected chi connectivity index (χ3v) is 6.69. The van der Waals surface area contributed by atoms with Gasteiger partial charge >= 0.3 is 5.97 Å². The Bertz CT molecular complexity index is 1340. The van der Waals surface area contributed by atoms with Gasteiger partial charge in [0, 0.05) is 5.56 Å². The van der Waals surface area contributed by atoms with Crippen LogP contribution >= 0.6 is 11.3 Å². The van der Waals surface area contributed by atoms with Gasteiger partial charge in [-0.25, -0.2) is 4.99 Å². The number of hydrogen-bond acceptors (Lipinski definition) is 6. The van der Waals surface area contributed by atoms with Gasteiger partial charge in [-0.1, -0.05) is 59.4 Å². The van der Waals surface area contributed by atoms with Crippen LogP contribution in [0.5, 0.6) is 5.75 Å².